The van der Waals surface area contributed by atoms with Crippen molar-refractivity contribution in [2.45, 2.75) is 57.4 Å². The van der Waals surface area contributed by atoms with Crippen LogP contribution in [0.3, 0.4) is 0 Å². The molecule has 2 fully saturated rings. The molecule has 2 aromatic heterocycles. The number of methoxy groups -OCH3 is 2. The topological polar surface area (TPSA) is 96.0 Å². The van der Waals surface area contributed by atoms with Gasteiger partial charge in [0.1, 0.15) is 11.5 Å². The van der Waals surface area contributed by atoms with Crippen LogP contribution in [-0.4, -0.2) is 66.9 Å². The van der Waals surface area contributed by atoms with Crippen molar-refractivity contribution in [1.82, 2.24) is 14.5 Å². The number of benzene rings is 2. The fraction of sp³-hybridized carbons (Fsp3) is 0.417. The van der Waals surface area contributed by atoms with Crippen LogP contribution < -0.4 is 4.74 Å². The Morgan fingerprint density at radius 3 is 2.62 bits per heavy atom. The van der Waals surface area contributed by atoms with E-state index in [1.807, 2.05) is 23.1 Å². The summed E-state index contributed by atoms with van der Waals surface area (Å²) in [6.07, 6.45) is 10.7. The fourth-order valence-corrected chi connectivity index (χ4v) is 7.19. The quantitative estimate of drug-likeness (QED) is 0.221. The summed E-state index contributed by atoms with van der Waals surface area (Å²) in [6.45, 7) is 2.93. The van der Waals surface area contributed by atoms with Gasteiger partial charge in [-0.3, -0.25) is 4.79 Å². The predicted octanol–water partition coefficient (Wildman–Crippen LogP) is 6.48. The van der Waals surface area contributed by atoms with Crippen molar-refractivity contribution < 1.29 is 28.2 Å². The largest absolute Gasteiger partial charge is 0.497 e. The fourth-order valence-electron chi connectivity index (χ4n) is 7.19. The summed E-state index contributed by atoms with van der Waals surface area (Å²) < 4.78 is 24.8. The minimum atomic E-state index is -0.356. The third-order valence-corrected chi connectivity index (χ3v) is 9.49. The van der Waals surface area contributed by atoms with Crippen molar-refractivity contribution in [2.75, 3.05) is 40.5 Å². The second-order valence-corrected chi connectivity index (χ2v) is 12.2. The number of oxazole rings is 1. The number of allylic oxidation sites excluding steroid dienone is 1. The molecule has 9 heteroatoms. The van der Waals surface area contributed by atoms with Gasteiger partial charge in [0.05, 0.1) is 51.4 Å². The number of hydrogen-bond acceptors (Lipinski definition) is 7. The average molecular weight is 610 g/mol. The Morgan fingerprint density at radius 2 is 1.84 bits per heavy atom. The number of aryl methyl sites for hydroxylation is 1. The first kappa shape index (κ1) is 29.3. The number of rotatable bonds is 7. The number of fused-ring (bicyclic) bond motifs is 5. The number of amides is 1. The van der Waals surface area contributed by atoms with E-state index in [9.17, 15) is 9.59 Å². The van der Waals surface area contributed by atoms with E-state index in [-0.39, 0.29) is 11.9 Å². The summed E-state index contributed by atoms with van der Waals surface area (Å²) in [5, 5.41) is 1.17. The smallest absolute Gasteiger partial charge is 0.337 e. The molecule has 0 atom stereocenters. The van der Waals surface area contributed by atoms with Crippen LogP contribution in [0.4, 0.5) is 0 Å². The van der Waals surface area contributed by atoms with Gasteiger partial charge >= 0.3 is 5.97 Å². The molecule has 1 saturated carbocycles. The van der Waals surface area contributed by atoms with E-state index in [2.05, 4.69) is 28.8 Å². The SMILES string of the molecule is COC(=O)c1ccc2c(C3CCCCC3)c3n(c2c1)CC(c1ncc(CCC(=O)N2CCOCC2)o1)=Cc1cc(OC)ccc1-3. The van der Waals surface area contributed by atoms with E-state index in [1.165, 1.54) is 43.0 Å². The van der Waals surface area contributed by atoms with E-state index in [0.29, 0.717) is 68.8 Å². The molecule has 234 valence electrons. The second kappa shape index (κ2) is 12.6. The highest BCUT2D eigenvalue weighted by Gasteiger charge is 2.30. The van der Waals surface area contributed by atoms with Gasteiger partial charge in [0.2, 0.25) is 11.8 Å². The first-order valence-corrected chi connectivity index (χ1v) is 16.0. The van der Waals surface area contributed by atoms with E-state index >= 15 is 0 Å². The van der Waals surface area contributed by atoms with Crippen LogP contribution in [0.1, 0.15) is 77.6 Å². The molecule has 45 heavy (non-hydrogen) atoms. The number of nitrogens with zero attached hydrogens (tertiary/aromatic N) is 3. The van der Waals surface area contributed by atoms with Crippen LogP contribution in [0.2, 0.25) is 0 Å². The molecular formula is C36H39N3O6. The molecule has 1 amide bonds. The monoisotopic (exact) mass is 609 g/mol. The zero-order valence-electron chi connectivity index (χ0n) is 26.0. The van der Waals surface area contributed by atoms with E-state index < -0.39 is 0 Å². The average Bonchev–Trinajstić information content (AvgIpc) is 3.65. The Labute approximate surface area is 262 Å². The van der Waals surface area contributed by atoms with E-state index in [4.69, 9.17) is 23.6 Å². The van der Waals surface area contributed by atoms with Crippen molar-refractivity contribution in [2.24, 2.45) is 0 Å². The number of carbonyl (C=O) groups excluding carboxylic acids is 2. The van der Waals surface area contributed by atoms with Gasteiger partial charge in [0.15, 0.2) is 0 Å². The maximum atomic E-state index is 12.8. The van der Waals surface area contributed by atoms with Crippen LogP contribution in [0, 0.1) is 0 Å². The molecule has 0 N–H and O–H groups in total. The number of aromatic nitrogens is 2. The number of ether oxygens (including phenoxy) is 3. The van der Waals surface area contributed by atoms with Crippen LogP contribution >= 0.6 is 0 Å². The number of hydrogen-bond donors (Lipinski definition) is 0. The molecule has 3 aliphatic rings. The van der Waals surface area contributed by atoms with Gasteiger partial charge < -0.3 is 28.1 Å². The van der Waals surface area contributed by atoms with Crippen molar-refractivity contribution in [3.8, 4) is 17.0 Å². The highest BCUT2D eigenvalue weighted by molar-refractivity contribution is 6.01. The van der Waals surface area contributed by atoms with Crippen LogP contribution in [-0.2, 0) is 27.2 Å². The predicted molar refractivity (Wildman–Crippen MR) is 171 cm³/mol. The Bertz CT molecular complexity index is 1770. The minimum Gasteiger partial charge on any atom is -0.497 e. The first-order chi connectivity index (χ1) is 22.0. The molecular weight excluding hydrogens is 570 g/mol. The Balaban J connectivity index is 1.32. The zero-order valence-corrected chi connectivity index (χ0v) is 26.0. The third kappa shape index (κ3) is 5.65. The van der Waals surface area contributed by atoms with Crippen LogP contribution in [0.15, 0.2) is 47.0 Å². The van der Waals surface area contributed by atoms with Gasteiger partial charge in [0, 0.05) is 48.0 Å². The van der Waals surface area contributed by atoms with Gasteiger partial charge in [0.25, 0.3) is 0 Å². The molecule has 0 radical (unpaired) electrons. The number of esters is 1. The lowest BCUT2D eigenvalue weighted by Crippen LogP contribution is -2.40. The van der Waals surface area contributed by atoms with Crippen molar-refractivity contribution in [3.63, 3.8) is 0 Å². The molecule has 2 aliphatic heterocycles. The molecule has 7 rings (SSSR count). The van der Waals surface area contributed by atoms with E-state index in [1.54, 1.807) is 13.3 Å². The van der Waals surface area contributed by atoms with Crippen LogP contribution in [0.5, 0.6) is 5.75 Å². The van der Waals surface area contributed by atoms with Crippen molar-refractivity contribution in [1.29, 1.82) is 0 Å². The Hall–Kier alpha value is -4.37. The molecule has 1 aliphatic carbocycles. The molecule has 4 aromatic rings. The second-order valence-electron chi connectivity index (χ2n) is 12.2. The summed E-state index contributed by atoms with van der Waals surface area (Å²) >= 11 is 0. The minimum absolute atomic E-state index is 0.103. The van der Waals surface area contributed by atoms with Gasteiger partial charge in [-0.1, -0.05) is 25.3 Å². The first-order valence-electron chi connectivity index (χ1n) is 16.0. The molecule has 0 bridgehead atoms. The Kier molecular flexibility index (Phi) is 8.19. The van der Waals surface area contributed by atoms with E-state index in [0.717, 1.165) is 40.8 Å². The highest BCUT2D eigenvalue weighted by Crippen LogP contribution is 2.47. The summed E-state index contributed by atoms with van der Waals surface area (Å²) in [5.74, 6) is 2.15. The third-order valence-electron chi connectivity index (χ3n) is 9.49. The molecule has 2 aromatic carbocycles. The molecule has 0 spiro atoms. The van der Waals surface area contributed by atoms with Gasteiger partial charge in [-0.25, -0.2) is 9.78 Å². The molecule has 9 nitrogen and oxygen atoms in total. The molecule has 0 unspecified atom stereocenters. The van der Waals surface area contributed by atoms with Gasteiger partial charge in [-0.2, -0.15) is 0 Å². The summed E-state index contributed by atoms with van der Waals surface area (Å²) in [5.41, 5.74) is 7.08. The summed E-state index contributed by atoms with van der Waals surface area (Å²) in [6, 6.07) is 12.2. The lowest BCUT2D eigenvalue weighted by molar-refractivity contribution is -0.135. The summed E-state index contributed by atoms with van der Waals surface area (Å²) in [7, 11) is 3.10. The molecule has 1 saturated heterocycles. The lowest BCUT2D eigenvalue weighted by Gasteiger charge is -2.26. The maximum Gasteiger partial charge on any atom is 0.337 e. The normalized spacial score (nSPS) is 16.9. The summed E-state index contributed by atoms with van der Waals surface area (Å²) in [4.78, 5) is 32.0. The highest BCUT2D eigenvalue weighted by atomic mass is 16.5. The van der Waals surface area contributed by atoms with Gasteiger partial charge in [-0.15, -0.1) is 0 Å². The van der Waals surface area contributed by atoms with Crippen LogP contribution in [0.25, 0.3) is 33.8 Å². The number of carbonyl (C=O) groups is 2. The number of morpholine rings is 1. The molecule has 4 heterocycles. The zero-order chi connectivity index (χ0) is 30.9. The lowest BCUT2D eigenvalue weighted by atomic mass is 9.81. The standard InChI is InChI=1S/C36H39N3O6/c1-42-27-9-12-29-25(19-27)18-26(35-37-21-28(45-35)10-13-32(40)38-14-16-44-17-15-38)22-39-31-20-24(36(41)43-2)8-11-30(31)33(34(29)39)23-6-4-3-5-7-23/h8-9,11-12,18-21,23H,3-7,10,13-17,22H2,1-2H3. The van der Waals surface area contributed by atoms with Crippen molar-refractivity contribution >= 4 is 34.4 Å². The maximum absolute atomic E-state index is 12.8. The van der Waals surface area contributed by atoms with Gasteiger partial charge in [-0.05, 0) is 66.3 Å². The van der Waals surface area contributed by atoms with Crippen molar-refractivity contribution in [3.05, 3.63) is 70.9 Å². The Morgan fingerprint density at radius 1 is 1.02 bits per heavy atom.